The van der Waals surface area contributed by atoms with E-state index in [0.29, 0.717) is 12.0 Å². The molecule has 5 rings (SSSR count). The first-order valence-electron chi connectivity index (χ1n) is 9.82. The molecule has 0 bridgehead atoms. The molecule has 30 heavy (non-hydrogen) atoms. The molecule has 1 N–H and O–H groups in total. The fraction of sp³-hybridized carbons (Fsp3) is 0.286. The van der Waals surface area contributed by atoms with Gasteiger partial charge in [0, 0.05) is 42.5 Å². The number of nitrogens with zero attached hydrogens (tertiary/aromatic N) is 5. The summed E-state index contributed by atoms with van der Waals surface area (Å²) in [4.78, 5) is 14.9. The van der Waals surface area contributed by atoms with E-state index in [0.717, 1.165) is 53.5 Å². The van der Waals surface area contributed by atoms with Crippen LogP contribution in [0.3, 0.4) is 0 Å². The van der Waals surface area contributed by atoms with Gasteiger partial charge in [-0.25, -0.2) is 19.3 Å². The summed E-state index contributed by atoms with van der Waals surface area (Å²) in [6.07, 6.45) is 8.02. The first kappa shape index (κ1) is 19.5. The Kier molecular flexibility index (Phi) is 5.41. The van der Waals surface area contributed by atoms with Crippen LogP contribution in [0, 0.1) is 5.82 Å². The normalized spacial score (nSPS) is 15.7. The molecule has 4 aromatic rings. The van der Waals surface area contributed by atoms with Crippen molar-refractivity contribution in [3.05, 3.63) is 53.9 Å². The highest BCUT2D eigenvalue weighted by Crippen LogP contribution is 2.33. The van der Waals surface area contributed by atoms with E-state index in [4.69, 9.17) is 9.97 Å². The molecule has 154 valence electrons. The first-order chi connectivity index (χ1) is 14.7. The standard InChI is InChI=1S/C21H21FN6S2/c1-29-27-10-7-16(8-11-27)24-20-23-9-6-17(25-20)19-18(14-2-4-15(22)5-3-14)26-21-28(19)12-13-30-21/h2-6,9,12-13,16H,7-8,10-11H2,1H3,(H,23,24,25). The van der Waals surface area contributed by atoms with Crippen molar-refractivity contribution in [1.82, 2.24) is 23.7 Å². The molecule has 1 aliphatic rings. The van der Waals surface area contributed by atoms with Gasteiger partial charge < -0.3 is 5.32 Å². The van der Waals surface area contributed by atoms with Gasteiger partial charge in [-0.3, -0.25) is 8.71 Å². The third-order valence-corrected chi connectivity index (χ3v) is 6.96. The van der Waals surface area contributed by atoms with Gasteiger partial charge in [0.05, 0.1) is 11.4 Å². The van der Waals surface area contributed by atoms with E-state index >= 15 is 0 Å². The highest BCUT2D eigenvalue weighted by molar-refractivity contribution is 7.96. The number of benzene rings is 1. The quantitative estimate of drug-likeness (QED) is 0.449. The number of piperidine rings is 1. The summed E-state index contributed by atoms with van der Waals surface area (Å²) in [5.41, 5.74) is 3.33. The van der Waals surface area contributed by atoms with E-state index in [1.807, 2.05) is 22.0 Å². The number of hydrogen-bond acceptors (Lipinski definition) is 7. The lowest BCUT2D eigenvalue weighted by atomic mass is 10.1. The topological polar surface area (TPSA) is 58.3 Å². The van der Waals surface area contributed by atoms with Crippen LogP contribution in [-0.4, -0.2) is 49.0 Å². The highest BCUT2D eigenvalue weighted by Gasteiger charge is 2.21. The molecule has 1 saturated heterocycles. The number of halogens is 1. The predicted molar refractivity (Wildman–Crippen MR) is 121 cm³/mol. The van der Waals surface area contributed by atoms with Crippen LogP contribution in [0.2, 0.25) is 0 Å². The Morgan fingerprint density at radius 1 is 1.13 bits per heavy atom. The van der Waals surface area contributed by atoms with Gasteiger partial charge >= 0.3 is 0 Å². The number of rotatable bonds is 5. The van der Waals surface area contributed by atoms with E-state index in [1.165, 1.54) is 12.1 Å². The van der Waals surface area contributed by atoms with E-state index < -0.39 is 0 Å². The molecule has 0 amide bonds. The lowest BCUT2D eigenvalue weighted by Gasteiger charge is -2.30. The number of aromatic nitrogens is 4. The second kappa shape index (κ2) is 8.33. The summed E-state index contributed by atoms with van der Waals surface area (Å²) < 4.78 is 17.8. The maximum absolute atomic E-state index is 13.4. The molecule has 1 aromatic carbocycles. The van der Waals surface area contributed by atoms with E-state index in [9.17, 15) is 4.39 Å². The summed E-state index contributed by atoms with van der Waals surface area (Å²) in [5, 5.41) is 5.50. The Bertz CT molecular complexity index is 1150. The Morgan fingerprint density at radius 2 is 1.93 bits per heavy atom. The molecule has 1 aliphatic heterocycles. The third kappa shape index (κ3) is 3.80. The maximum Gasteiger partial charge on any atom is 0.223 e. The van der Waals surface area contributed by atoms with Crippen LogP contribution < -0.4 is 5.32 Å². The Hall–Kier alpha value is -2.49. The van der Waals surface area contributed by atoms with Gasteiger partial charge in [-0.1, -0.05) is 11.9 Å². The minimum absolute atomic E-state index is 0.262. The molecular weight excluding hydrogens is 419 g/mol. The van der Waals surface area contributed by atoms with Crippen molar-refractivity contribution in [3.63, 3.8) is 0 Å². The second-order valence-corrected chi connectivity index (χ2v) is 8.92. The Labute approximate surface area is 182 Å². The van der Waals surface area contributed by atoms with Gasteiger partial charge in [0.15, 0.2) is 4.96 Å². The summed E-state index contributed by atoms with van der Waals surface area (Å²) in [6.45, 7) is 2.12. The minimum atomic E-state index is -0.262. The molecule has 1 fully saturated rings. The molecule has 0 atom stereocenters. The maximum atomic E-state index is 13.4. The zero-order valence-electron chi connectivity index (χ0n) is 16.5. The van der Waals surface area contributed by atoms with Crippen molar-refractivity contribution in [2.75, 3.05) is 24.7 Å². The molecule has 0 radical (unpaired) electrons. The highest BCUT2D eigenvalue weighted by atomic mass is 32.2. The Balaban J connectivity index is 1.48. The van der Waals surface area contributed by atoms with Crippen molar-refractivity contribution in [3.8, 4) is 22.6 Å². The minimum Gasteiger partial charge on any atom is -0.351 e. The van der Waals surface area contributed by atoms with Crippen molar-refractivity contribution in [2.24, 2.45) is 0 Å². The number of imidazole rings is 1. The average Bonchev–Trinajstić information content (AvgIpc) is 3.36. The SMILES string of the molecule is CSN1CCC(Nc2nccc(-c3c(-c4ccc(F)cc4)nc4sccn34)n2)CC1. The van der Waals surface area contributed by atoms with Crippen LogP contribution in [0.5, 0.6) is 0 Å². The predicted octanol–water partition coefficient (Wildman–Crippen LogP) is 4.81. The molecule has 0 spiro atoms. The van der Waals surface area contributed by atoms with E-state index in [-0.39, 0.29) is 5.82 Å². The van der Waals surface area contributed by atoms with Gasteiger partial charge in [-0.05, 0) is 49.4 Å². The van der Waals surface area contributed by atoms with Gasteiger partial charge in [-0.15, -0.1) is 11.3 Å². The fourth-order valence-electron chi connectivity index (χ4n) is 3.76. The number of thiazole rings is 1. The molecule has 0 saturated carbocycles. The Morgan fingerprint density at radius 3 is 2.70 bits per heavy atom. The van der Waals surface area contributed by atoms with E-state index in [1.54, 1.807) is 41.6 Å². The van der Waals surface area contributed by atoms with Crippen molar-refractivity contribution < 1.29 is 4.39 Å². The number of nitrogens with one attached hydrogen (secondary N) is 1. The van der Waals surface area contributed by atoms with Crippen LogP contribution in [0.15, 0.2) is 48.1 Å². The van der Waals surface area contributed by atoms with Gasteiger partial charge in [0.2, 0.25) is 5.95 Å². The van der Waals surface area contributed by atoms with Crippen molar-refractivity contribution in [1.29, 1.82) is 0 Å². The van der Waals surface area contributed by atoms with E-state index in [2.05, 4.69) is 20.9 Å². The zero-order valence-corrected chi connectivity index (χ0v) is 18.1. The summed E-state index contributed by atoms with van der Waals surface area (Å²) >= 11 is 3.36. The van der Waals surface area contributed by atoms with Gasteiger partial charge in [0.1, 0.15) is 11.5 Å². The van der Waals surface area contributed by atoms with Crippen molar-refractivity contribution >= 4 is 34.2 Å². The third-order valence-electron chi connectivity index (χ3n) is 5.32. The lowest BCUT2D eigenvalue weighted by molar-refractivity contribution is 0.358. The molecular formula is C21H21FN6S2. The number of fused-ring (bicyclic) bond motifs is 1. The molecule has 4 heterocycles. The molecule has 3 aromatic heterocycles. The van der Waals surface area contributed by atoms with Gasteiger partial charge in [-0.2, -0.15) is 0 Å². The second-order valence-electron chi connectivity index (χ2n) is 7.17. The van der Waals surface area contributed by atoms with Crippen LogP contribution in [0.1, 0.15) is 12.8 Å². The largest absolute Gasteiger partial charge is 0.351 e. The molecule has 6 nitrogen and oxygen atoms in total. The van der Waals surface area contributed by atoms with Gasteiger partial charge in [0.25, 0.3) is 0 Å². The smallest absolute Gasteiger partial charge is 0.223 e. The fourth-order valence-corrected chi connectivity index (χ4v) is 5.05. The average molecular weight is 441 g/mol. The van der Waals surface area contributed by atoms with Crippen LogP contribution in [0.25, 0.3) is 27.6 Å². The number of hydrogen-bond donors (Lipinski definition) is 1. The lowest BCUT2D eigenvalue weighted by Crippen LogP contribution is -2.35. The molecule has 0 unspecified atom stereocenters. The summed E-state index contributed by atoms with van der Waals surface area (Å²) in [6, 6.07) is 8.69. The van der Waals surface area contributed by atoms with Crippen LogP contribution in [-0.2, 0) is 0 Å². The van der Waals surface area contributed by atoms with Crippen molar-refractivity contribution in [2.45, 2.75) is 18.9 Å². The zero-order chi connectivity index (χ0) is 20.5. The molecule has 9 heteroatoms. The monoisotopic (exact) mass is 440 g/mol. The molecule has 0 aliphatic carbocycles. The number of anilines is 1. The van der Waals surface area contributed by atoms with Crippen LogP contribution >= 0.6 is 23.3 Å². The summed E-state index contributed by atoms with van der Waals surface area (Å²) in [5.74, 6) is 0.368. The summed E-state index contributed by atoms with van der Waals surface area (Å²) in [7, 11) is 0. The first-order valence-corrected chi connectivity index (χ1v) is 11.9. The van der Waals surface area contributed by atoms with Crippen LogP contribution in [0.4, 0.5) is 10.3 Å².